The highest BCUT2D eigenvalue weighted by molar-refractivity contribution is 5.82. The van der Waals surface area contributed by atoms with Gasteiger partial charge in [0.2, 0.25) is 5.91 Å². The third-order valence-electron chi connectivity index (χ3n) is 3.58. The minimum Gasteiger partial charge on any atom is -0.339 e. The average molecular weight is 254 g/mol. The van der Waals surface area contributed by atoms with Crippen LogP contribution in [0.5, 0.6) is 0 Å². The zero-order valence-electron chi connectivity index (χ0n) is 12.5. The van der Waals surface area contributed by atoms with Crippen LogP contribution in [0.2, 0.25) is 0 Å². The van der Waals surface area contributed by atoms with Crippen molar-refractivity contribution in [2.24, 2.45) is 5.92 Å². The highest BCUT2D eigenvalue weighted by Gasteiger charge is 2.26. The van der Waals surface area contributed by atoms with E-state index in [0.29, 0.717) is 17.9 Å². The quantitative estimate of drug-likeness (QED) is 0.836. The number of carbonyl (C=O) groups is 1. The Morgan fingerprint density at radius 3 is 2.44 bits per heavy atom. The molecule has 1 aliphatic rings. The summed E-state index contributed by atoms with van der Waals surface area (Å²) in [5, 5.41) is 3.44. The first-order chi connectivity index (χ1) is 8.52. The van der Waals surface area contributed by atoms with Crippen molar-refractivity contribution >= 4 is 5.91 Å². The smallest absolute Gasteiger partial charge is 0.239 e. The molecule has 0 aromatic heterocycles. The molecule has 1 fully saturated rings. The van der Waals surface area contributed by atoms with E-state index in [2.05, 4.69) is 33.0 Å². The van der Waals surface area contributed by atoms with Crippen LogP contribution < -0.4 is 5.32 Å². The number of hydrogen-bond acceptors (Lipinski definition) is 2. The normalized spacial score (nSPS) is 21.8. The topological polar surface area (TPSA) is 32.3 Å². The molecule has 18 heavy (non-hydrogen) atoms. The van der Waals surface area contributed by atoms with E-state index in [1.807, 2.05) is 4.90 Å². The number of nitrogens with zero attached hydrogens (tertiary/aromatic N) is 1. The van der Waals surface area contributed by atoms with Crippen LogP contribution in [0.15, 0.2) is 0 Å². The Morgan fingerprint density at radius 2 is 1.83 bits per heavy atom. The highest BCUT2D eigenvalue weighted by atomic mass is 16.2. The molecule has 0 aliphatic carbocycles. The van der Waals surface area contributed by atoms with Crippen LogP contribution in [0.25, 0.3) is 0 Å². The standard InChI is InChI=1S/C15H30N2O/c1-12(2)11-17(13(3)4)15(18)14-9-7-5-6-8-10-16-14/h12-14,16H,5-11H2,1-4H3. The van der Waals surface area contributed by atoms with Crippen LogP contribution in [0, 0.1) is 5.92 Å². The fourth-order valence-electron chi connectivity index (χ4n) is 2.56. The van der Waals surface area contributed by atoms with E-state index in [0.717, 1.165) is 19.5 Å². The first-order valence-electron chi connectivity index (χ1n) is 7.56. The van der Waals surface area contributed by atoms with Gasteiger partial charge in [0, 0.05) is 12.6 Å². The Balaban J connectivity index is 2.61. The van der Waals surface area contributed by atoms with Crippen LogP contribution in [-0.2, 0) is 4.79 Å². The molecule has 0 aromatic carbocycles. The molecule has 0 aromatic rings. The first-order valence-corrected chi connectivity index (χ1v) is 7.56. The number of hydrogen-bond donors (Lipinski definition) is 1. The zero-order valence-corrected chi connectivity index (χ0v) is 12.5. The van der Waals surface area contributed by atoms with Crippen molar-refractivity contribution in [1.82, 2.24) is 10.2 Å². The molecule has 0 spiro atoms. The van der Waals surface area contributed by atoms with E-state index >= 15 is 0 Å². The van der Waals surface area contributed by atoms with E-state index in [1.54, 1.807) is 0 Å². The molecule has 3 heteroatoms. The summed E-state index contributed by atoms with van der Waals surface area (Å²) in [6.07, 6.45) is 5.96. The van der Waals surface area contributed by atoms with Gasteiger partial charge in [0.15, 0.2) is 0 Å². The van der Waals surface area contributed by atoms with Crippen LogP contribution in [0.3, 0.4) is 0 Å². The van der Waals surface area contributed by atoms with Crippen molar-refractivity contribution in [3.05, 3.63) is 0 Å². The van der Waals surface area contributed by atoms with Gasteiger partial charge < -0.3 is 10.2 Å². The van der Waals surface area contributed by atoms with Gasteiger partial charge in [-0.25, -0.2) is 0 Å². The van der Waals surface area contributed by atoms with Gasteiger partial charge in [0.05, 0.1) is 6.04 Å². The van der Waals surface area contributed by atoms with Crippen molar-refractivity contribution in [3.63, 3.8) is 0 Å². The fraction of sp³-hybridized carbons (Fsp3) is 0.933. The van der Waals surface area contributed by atoms with Gasteiger partial charge in [-0.3, -0.25) is 4.79 Å². The average Bonchev–Trinajstić information content (AvgIpc) is 2.24. The predicted octanol–water partition coefficient (Wildman–Crippen LogP) is 2.80. The maximum absolute atomic E-state index is 12.6. The Morgan fingerprint density at radius 1 is 1.17 bits per heavy atom. The summed E-state index contributed by atoms with van der Waals surface area (Å²) < 4.78 is 0. The molecule has 1 N–H and O–H groups in total. The monoisotopic (exact) mass is 254 g/mol. The van der Waals surface area contributed by atoms with Gasteiger partial charge in [-0.2, -0.15) is 0 Å². The Hall–Kier alpha value is -0.570. The van der Waals surface area contributed by atoms with Gasteiger partial charge in [-0.05, 0) is 39.2 Å². The van der Waals surface area contributed by atoms with Crippen LogP contribution >= 0.6 is 0 Å². The summed E-state index contributed by atoms with van der Waals surface area (Å²) in [6, 6.07) is 0.346. The summed E-state index contributed by atoms with van der Waals surface area (Å²) >= 11 is 0. The lowest BCUT2D eigenvalue weighted by molar-refractivity contribution is -0.136. The number of amides is 1. The van der Waals surface area contributed by atoms with Crippen molar-refractivity contribution in [2.45, 2.75) is 71.9 Å². The molecule has 1 heterocycles. The Labute approximate surface area is 112 Å². The number of nitrogens with one attached hydrogen (secondary N) is 1. The summed E-state index contributed by atoms with van der Waals surface area (Å²) in [5.41, 5.74) is 0. The van der Waals surface area contributed by atoms with Crippen molar-refractivity contribution in [1.29, 1.82) is 0 Å². The van der Waals surface area contributed by atoms with E-state index in [-0.39, 0.29) is 6.04 Å². The summed E-state index contributed by atoms with van der Waals surface area (Å²) in [5.74, 6) is 0.838. The molecular weight excluding hydrogens is 224 g/mol. The summed E-state index contributed by atoms with van der Waals surface area (Å²) in [7, 11) is 0. The maximum atomic E-state index is 12.6. The lowest BCUT2D eigenvalue weighted by atomic mass is 10.0. The second kappa shape index (κ2) is 7.78. The maximum Gasteiger partial charge on any atom is 0.239 e. The fourth-order valence-corrected chi connectivity index (χ4v) is 2.56. The van der Waals surface area contributed by atoms with Gasteiger partial charge in [-0.1, -0.05) is 33.1 Å². The largest absolute Gasteiger partial charge is 0.339 e. The molecule has 1 atom stereocenters. The molecule has 1 rings (SSSR count). The second-order valence-corrected chi connectivity index (χ2v) is 6.19. The lowest BCUT2D eigenvalue weighted by Crippen LogP contribution is -2.50. The van der Waals surface area contributed by atoms with E-state index in [4.69, 9.17) is 0 Å². The highest BCUT2D eigenvalue weighted by Crippen LogP contribution is 2.14. The molecule has 0 saturated carbocycles. The van der Waals surface area contributed by atoms with Crippen molar-refractivity contribution in [3.8, 4) is 0 Å². The third-order valence-corrected chi connectivity index (χ3v) is 3.58. The number of rotatable bonds is 4. The third kappa shape index (κ3) is 4.97. The van der Waals surface area contributed by atoms with Crippen molar-refractivity contribution in [2.75, 3.05) is 13.1 Å². The predicted molar refractivity (Wildman–Crippen MR) is 76.6 cm³/mol. The Kier molecular flexibility index (Phi) is 6.69. The van der Waals surface area contributed by atoms with Gasteiger partial charge >= 0.3 is 0 Å². The van der Waals surface area contributed by atoms with Gasteiger partial charge in [0.1, 0.15) is 0 Å². The minimum atomic E-state index is 0.0476. The van der Waals surface area contributed by atoms with E-state index < -0.39 is 0 Å². The molecule has 0 radical (unpaired) electrons. The molecule has 1 unspecified atom stereocenters. The Bertz CT molecular complexity index is 243. The molecule has 0 bridgehead atoms. The van der Waals surface area contributed by atoms with Crippen LogP contribution in [0.4, 0.5) is 0 Å². The second-order valence-electron chi connectivity index (χ2n) is 6.19. The molecule has 3 nitrogen and oxygen atoms in total. The SMILES string of the molecule is CC(C)CN(C(=O)C1CCCCCCN1)C(C)C. The molecule has 1 aliphatic heterocycles. The molecule has 1 saturated heterocycles. The van der Waals surface area contributed by atoms with Crippen molar-refractivity contribution < 1.29 is 4.79 Å². The summed E-state index contributed by atoms with van der Waals surface area (Å²) in [4.78, 5) is 14.6. The molecule has 1 amide bonds. The van der Waals surface area contributed by atoms with E-state index in [1.165, 1.54) is 25.7 Å². The minimum absolute atomic E-state index is 0.0476. The van der Waals surface area contributed by atoms with Crippen LogP contribution in [0.1, 0.15) is 59.8 Å². The van der Waals surface area contributed by atoms with Crippen LogP contribution in [-0.4, -0.2) is 36.0 Å². The molecular formula is C15H30N2O. The lowest BCUT2D eigenvalue weighted by Gasteiger charge is -2.33. The first kappa shape index (κ1) is 15.5. The molecule has 106 valence electrons. The van der Waals surface area contributed by atoms with E-state index in [9.17, 15) is 4.79 Å². The summed E-state index contributed by atoms with van der Waals surface area (Å²) in [6.45, 7) is 10.4. The number of carbonyl (C=O) groups excluding carboxylic acids is 1. The van der Waals surface area contributed by atoms with Gasteiger partial charge in [-0.15, -0.1) is 0 Å². The van der Waals surface area contributed by atoms with Gasteiger partial charge in [0.25, 0.3) is 0 Å². The zero-order chi connectivity index (χ0) is 13.5.